The number of nitrogens with zero attached hydrogens (tertiary/aromatic N) is 2. The van der Waals surface area contributed by atoms with Gasteiger partial charge in [-0.05, 0) is 5.41 Å². The quantitative estimate of drug-likeness (QED) is 0.719. The lowest BCUT2D eigenvalue weighted by Gasteiger charge is -2.14. The Morgan fingerprint density at radius 3 is 2.31 bits per heavy atom. The highest BCUT2D eigenvalue weighted by molar-refractivity contribution is 4.86. The molecule has 0 aliphatic carbocycles. The first kappa shape index (κ1) is 10.1. The summed E-state index contributed by atoms with van der Waals surface area (Å²) in [5.74, 6) is -0.331. The van der Waals surface area contributed by atoms with Crippen molar-refractivity contribution in [2.75, 3.05) is 0 Å². The van der Waals surface area contributed by atoms with Crippen LogP contribution in [0.2, 0.25) is 0 Å². The molecule has 1 aromatic rings. The summed E-state index contributed by atoms with van der Waals surface area (Å²) in [5.41, 5.74) is -0.0358. The molecular formula is C8H12F2N2O. The number of hydrogen-bond acceptors (Lipinski definition) is 3. The smallest absolute Gasteiger partial charge is 0.314 e. The standard InChI is InChI=1S/C8H12F2N2O/c1-8(2,3)4-5-11-12-7(13-5)6(9)10/h6H,4H2,1-3H3. The summed E-state index contributed by atoms with van der Waals surface area (Å²) in [6.45, 7) is 5.91. The van der Waals surface area contributed by atoms with Gasteiger partial charge in [-0.3, -0.25) is 0 Å². The van der Waals surface area contributed by atoms with Crippen molar-refractivity contribution in [3.05, 3.63) is 11.8 Å². The van der Waals surface area contributed by atoms with Crippen molar-refractivity contribution in [3.63, 3.8) is 0 Å². The summed E-state index contributed by atoms with van der Waals surface area (Å²) in [5, 5.41) is 6.76. The number of aromatic nitrogens is 2. The molecule has 0 bridgehead atoms. The van der Waals surface area contributed by atoms with Crippen molar-refractivity contribution in [2.24, 2.45) is 5.41 Å². The highest BCUT2D eigenvalue weighted by atomic mass is 19.3. The molecule has 0 atom stereocenters. The van der Waals surface area contributed by atoms with Crippen LogP contribution in [-0.2, 0) is 6.42 Å². The van der Waals surface area contributed by atoms with Crippen LogP contribution in [0.15, 0.2) is 4.42 Å². The molecule has 74 valence electrons. The third-order valence-corrected chi connectivity index (χ3v) is 1.35. The summed E-state index contributed by atoms with van der Waals surface area (Å²) < 4.78 is 28.8. The van der Waals surface area contributed by atoms with Gasteiger partial charge in [0.2, 0.25) is 5.89 Å². The first-order valence-electron chi connectivity index (χ1n) is 3.99. The highest BCUT2D eigenvalue weighted by Gasteiger charge is 2.19. The van der Waals surface area contributed by atoms with Crippen LogP contribution in [0.3, 0.4) is 0 Å². The highest BCUT2D eigenvalue weighted by Crippen LogP contribution is 2.22. The van der Waals surface area contributed by atoms with E-state index in [0.717, 1.165) is 0 Å². The van der Waals surface area contributed by atoms with Gasteiger partial charge >= 0.3 is 6.43 Å². The monoisotopic (exact) mass is 190 g/mol. The molecule has 0 amide bonds. The fraction of sp³-hybridized carbons (Fsp3) is 0.750. The molecule has 0 spiro atoms. The lowest BCUT2D eigenvalue weighted by molar-refractivity contribution is 0.112. The Bertz CT molecular complexity index is 278. The molecule has 0 fully saturated rings. The van der Waals surface area contributed by atoms with Crippen molar-refractivity contribution in [3.8, 4) is 0 Å². The molecule has 13 heavy (non-hydrogen) atoms. The molecule has 0 aromatic carbocycles. The zero-order valence-electron chi connectivity index (χ0n) is 7.84. The molecule has 1 heterocycles. The second-order valence-corrected chi connectivity index (χ2v) is 4.07. The molecular weight excluding hydrogens is 178 g/mol. The number of halogens is 2. The van der Waals surface area contributed by atoms with Crippen LogP contribution in [0.1, 0.15) is 39.0 Å². The van der Waals surface area contributed by atoms with Crippen molar-refractivity contribution in [1.29, 1.82) is 0 Å². The van der Waals surface area contributed by atoms with E-state index in [1.54, 1.807) is 0 Å². The summed E-state index contributed by atoms with van der Waals surface area (Å²) in [7, 11) is 0. The third kappa shape index (κ3) is 3.08. The number of rotatable bonds is 2. The Hall–Kier alpha value is -1.00. The van der Waals surface area contributed by atoms with Gasteiger partial charge in [0.05, 0.1) is 0 Å². The minimum absolute atomic E-state index is 0.0358. The van der Waals surface area contributed by atoms with E-state index in [4.69, 9.17) is 4.42 Å². The van der Waals surface area contributed by atoms with Gasteiger partial charge in [0.1, 0.15) is 0 Å². The van der Waals surface area contributed by atoms with Gasteiger partial charge in [0.25, 0.3) is 5.89 Å². The Labute approximate surface area is 75.2 Å². The van der Waals surface area contributed by atoms with Gasteiger partial charge in [0, 0.05) is 6.42 Å². The molecule has 0 saturated heterocycles. The van der Waals surface area contributed by atoms with Gasteiger partial charge in [-0.2, -0.15) is 8.78 Å². The largest absolute Gasteiger partial charge is 0.420 e. The van der Waals surface area contributed by atoms with Crippen LogP contribution in [0, 0.1) is 5.41 Å². The van der Waals surface area contributed by atoms with Crippen molar-refractivity contribution in [1.82, 2.24) is 10.2 Å². The van der Waals surface area contributed by atoms with Crippen LogP contribution in [0.5, 0.6) is 0 Å². The zero-order chi connectivity index (χ0) is 10.1. The molecule has 0 aliphatic rings. The van der Waals surface area contributed by atoms with E-state index in [1.807, 2.05) is 20.8 Å². The lowest BCUT2D eigenvalue weighted by atomic mass is 9.92. The maximum absolute atomic E-state index is 12.0. The molecule has 5 heteroatoms. The van der Waals surface area contributed by atoms with E-state index in [1.165, 1.54) is 0 Å². The van der Waals surface area contributed by atoms with Crippen molar-refractivity contribution in [2.45, 2.75) is 33.6 Å². The minimum Gasteiger partial charge on any atom is -0.420 e. The summed E-state index contributed by atoms with van der Waals surface area (Å²) in [6, 6.07) is 0. The van der Waals surface area contributed by atoms with Gasteiger partial charge in [-0.15, -0.1) is 10.2 Å². The van der Waals surface area contributed by atoms with E-state index >= 15 is 0 Å². The van der Waals surface area contributed by atoms with Crippen LogP contribution < -0.4 is 0 Å². The Balaban J connectivity index is 2.70. The topological polar surface area (TPSA) is 38.9 Å². The Kier molecular flexibility index (Phi) is 2.63. The molecule has 0 radical (unpaired) electrons. The Morgan fingerprint density at radius 1 is 1.31 bits per heavy atom. The lowest BCUT2D eigenvalue weighted by Crippen LogP contribution is -2.09. The van der Waals surface area contributed by atoms with Gasteiger partial charge in [0.15, 0.2) is 0 Å². The first-order chi connectivity index (χ1) is 5.88. The van der Waals surface area contributed by atoms with E-state index < -0.39 is 12.3 Å². The van der Waals surface area contributed by atoms with Crippen LogP contribution in [-0.4, -0.2) is 10.2 Å². The molecule has 0 aliphatic heterocycles. The first-order valence-corrected chi connectivity index (χ1v) is 3.99. The van der Waals surface area contributed by atoms with Gasteiger partial charge in [-0.1, -0.05) is 20.8 Å². The minimum atomic E-state index is -2.68. The second kappa shape index (κ2) is 3.40. The molecule has 1 aromatic heterocycles. The van der Waals surface area contributed by atoms with E-state index in [0.29, 0.717) is 6.42 Å². The predicted octanol–water partition coefficient (Wildman–Crippen LogP) is 2.60. The number of hydrogen-bond donors (Lipinski definition) is 0. The summed E-state index contributed by atoms with van der Waals surface area (Å²) >= 11 is 0. The average Bonchev–Trinajstić information content (AvgIpc) is 2.31. The molecule has 3 nitrogen and oxygen atoms in total. The van der Waals surface area contributed by atoms with Crippen LogP contribution >= 0.6 is 0 Å². The average molecular weight is 190 g/mol. The SMILES string of the molecule is CC(C)(C)Cc1nnc(C(F)F)o1. The normalized spacial score (nSPS) is 12.5. The van der Waals surface area contributed by atoms with Crippen molar-refractivity contribution < 1.29 is 13.2 Å². The zero-order valence-corrected chi connectivity index (χ0v) is 7.84. The van der Waals surface area contributed by atoms with Gasteiger partial charge in [-0.25, -0.2) is 0 Å². The molecule has 1 rings (SSSR count). The fourth-order valence-electron chi connectivity index (χ4n) is 0.880. The predicted molar refractivity (Wildman–Crippen MR) is 42.4 cm³/mol. The maximum atomic E-state index is 12.0. The summed E-state index contributed by atoms with van der Waals surface area (Å²) in [4.78, 5) is 0. The summed E-state index contributed by atoms with van der Waals surface area (Å²) in [6.07, 6.45) is -2.17. The Morgan fingerprint density at radius 2 is 1.92 bits per heavy atom. The van der Waals surface area contributed by atoms with Gasteiger partial charge < -0.3 is 4.42 Å². The fourth-order valence-corrected chi connectivity index (χ4v) is 0.880. The molecule has 0 unspecified atom stereocenters. The second-order valence-electron chi connectivity index (χ2n) is 4.07. The molecule has 0 saturated carbocycles. The van der Waals surface area contributed by atoms with Crippen molar-refractivity contribution >= 4 is 0 Å². The van der Waals surface area contributed by atoms with Crippen LogP contribution in [0.4, 0.5) is 8.78 Å². The number of alkyl halides is 2. The maximum Gasteiger partial charge on any atom is 0.314 e. The van der Waals surface area contributed by atoms with E-state index in [2.05, 4.69) is 10.2 Å². The van der Waals surface area contributed by atoms with E-state index in [9.17, 15) is 8.78 Å². The molecule has 0 N–H and O–H groups in total. The third-order valence-electron chi connectivity index (χ3n) is 1.35. The van der Waals surface area contributed by atoms with E-state index in [-0.39, 0.29) is 11.3 Å². The van der Waals surface area contributed by atoms with Crippen LogP contribution in [0.25, 0.3) is 0 Å².